The van der Waals surface area contributed by atoms with E-state index in [2.05, 4.69) is 64.5 Å². The summed E-state index contributed by atoms with van der Waals surface area (Å²) in [6.07, 6.45) is -0.00922. The Morgan fingerprint density at radius 2 is 1.73 bits per heavy atom. The SMILES string of the molecule is Cc1cscc1NC1=NC(C)N=C(C(C)C(C)C)C(C)C1C. The Bertz CT molecular complexity index is 571. The van der Waals surface area contributed by atoms with Gasteiger partial charge in [-0.15, -0.1) is 11.3 Å². The van der Waals surface area contributed by atoms with Gasteiger partial charge in [0.15, 0.2) is 0 Å². The smallest absolute Gasteiger partial charge is 0.138 e. The summed E-state index contributed by atoms with van der Waals surface area (Å²) in [5.41, 5.74) is 3.77. The molecule has 0 saturated heterocycles. The van der Waals surface area contributed by atoms with Gasteiger partial charge in [0.25, 0.3) is 0 Å². The summed E-state index contributed by atoms with van der Waals surface area (Å²) in [6, 6.07) is 0. The first-order valence-corrected chi connectivity index (χ1v) is 9.20. The lowest BCUT2D eigenvalue weighted by atomic mass is 9.80. The molecule has 3 nitrogen and oxygen atoms in total. The van der Waals surface area contributed by atoms with Gasteiger partial charge in [-0.05, 0) is 36.6 Å². The van der Waals surface area contributed by atoms with Crippen molar-refractivity contribution in [1.82, 2.24) is 0 Å². The Morgan fingerprint density at radius 3 is 2.27 bits per heavy atom. The fourth-order valence-corrected chi connectivity index (χ4v) is 3.60. The first-order chi connectivity index (χ1) is 10.3. The average molecular weight is 320 g/mol. The van der Waals surface area contributed by atoms with E-state index in [4.69, 9.17) is 9.98 Å². The molecule has 122 valence electrons. The van der Waals surface area contributed by atoms with E-state index >= 15 is 0 Å². The summed E-state index contributed by atoms with van der Waals surface area (Å²) in [5, 5.41) is 7.88. The van der Waals surface area contributed by atoms with Crippen molar-refractivity contribution in [3.8, 4) is 0 Å². The minimum Gasteiger partial charge on any atom is -0.343 e. The fourth-order valence-electron chi connectivity index (χ4n) is 2.82. The van der Waals surface area contributed by atoms with Gasteiger partial charge >= 0.3 is 0 Å². The van der Waals surface area contributed by atoms with E-state index in [0.717, 1.165) is 5.84 Å². The Morgan fingerprint density at radius 1 is 1.05 bits per heavy atom. The van der Waals surface area contributed by atoms with Gasteiger partial charge in [0.2, 0.25) is 0 Å². The van der Waals surface area contributed by atoms with Gasteiger partial charge < -0.3 is 5.32 Å². The lowest BCUT2D eigenvalue weighted by molar-refractivity contribution is 0.490. The van der Waals surface area contributed by atoms with Crippen LogP contribution in [0.5, 0.6) is 0 Å². The molecule has 0 aliphatic carbocycles. The van der Waals surface area contributed by atoms with E-state index in [-0.39, 0.29) is 6.17 Å². The third-order valence-corrected chi connectivity index (χ3v) is 5.76. The maximum Gasteiger partial charge on any atom is 0.138 e. The zero-order chi connectivity index (χ0) is 16.4. The molecule has 1 N–H and O–H groups in total. The average Bonchev–Trinajstić information content (AvgIpc) is 2.82. The highest BCUT2D eigenvalue weighted by Crippen LogP contribution is 2.29. The van der Waals surface area contributed by atoms with Crippen LogP contribution in [0, 0.1) is 30.6 Å². The predicted molar refractivity (Wildman–Crippen MR) is 99.3 cm³/mol. The summed E-state index contributed by atoms with van der Waals surface area (Å²) >= 11 is 1.73. The third-order valence-electron chi connectivity index (χ3n) is 4.89. The van der Waals surface area contributed by atoms with Crippen LogP contribution in [-0.2, 0) is 0 Å². The van der Waals surface area contributed by atoms with Gasteiger partial charge in [0, 0.05) is 22.9 Å². The zero-order valence-corrected chi connectivity index (χ0v) is 15.7. The van der Waals surface area contributed by atoms with E-state index < -0.39 is 0 Å². The van der Waals surface area contributed by atoms with Crippen molar-refractivity contribution in [1.29, 1.82) is 0 Å². The second-order valence-corrected chi connectivity index (χ2v) is 7.65. The minimum absolute atomic E-state index is 0.00922. The molecule has 0 fully saturated rings. The molecule has 1 aromatic rings. The van der Waals surface area contributed by atoms with Crippen LogP contribution < -0.4 is 5.32 Å². The Hall–Kier alpha value is -1.16. The first kappa shape index (κ1) is 17.2. The molecule has 0 amide bonds. The quantitative estimate of drug-likeness (QED) is 0.813. The van der Waals surface area contributed by atoms with Gasteiger partial charge in [-0.2, -0.15) is 0 Å². The highest BCUT2D eigenvalue weighted by atomic mass is 32.1. The largest absolute Gasteiger partial charge is 0.343 e. The third kappa shape index (κ3) is 3.60. The Labute approximate surface area is 139 Å². The second-order valence-electron chi connectivity index (χ2n) is 6.90. The molecule has 1 aromatic heterocycles. The lowest BCUT2D eigenvalue weighted by Crippen LogP contribution is -2.33. The molecule has 0 saturated carbocycles. The Kier molecular flexibility index (Phi) is 5.43. The van der Waals surface area contributed by atoms with Crippen molar-refractivity contribution in [2.75, 3.05) is 5.32 Å². The number of thiophene rings is 1. The highest BCUT2D eigenvalue weighted by Gasteiger charge is 2.30. The topological polar surface area (TPSA) is 36.8 Å². The van der Waals surface area contributed by atoms with Crippen molar-refractivity contribution in [3.05, 3.63) is 16.3 Å². The van der Waals surface area contributed by atoms with Crippen LogP contribution >= 0.6 is 11.3 Å². The lowest BCUT2D eigenvalue weighted by Gasteiger charge is -2.27. The summed E-state index contributed by atoms with van der Waals surface area (Å²) < 4.78 is 0. The predicted octanol–water partition coefficient (Wildman–Crippen LogP) is 5.23. The molecule has 2 rings (SSSR count). The number of rotatable bonds is 3. The normalized spacial score (nSPS) is 27.2. The van der Waals surface area contributed by atoms with E-state index in [0.29, 0.717) is 23.7 Å². The van der Waals surface area contributed by atoms with Gasteiger partial charge in [0.1, 0.15) is 12.0 Å². The molecular formula is C18H29N3S. The molecule has 2 heterocycles. The van der Waals surface area contributed by atoms with Crippen LogP contribution in [0.4, 0.5) is 5.69 Å². The molecule has 4 atom stereocenters. The van der Waals surface area contributed by atoms with Crippen LogP contribution in [-0.4, -0.2) is 17.7 Å². The number of aryl methyl sites for hydroxylation is 1. The summed E-state index contributed by atoms with van der Waals surface area (Å²) in [5.74, 6) is 2.93. The number of hydrogen-bond acceptors (Lipinski definition) is 4. The Balaban J connectivity index is 2.26. The first-order valence-electron chi connectivity index (χ1n) is 8.26. The van der Waals surface area contributed by atoms with E-state index in [1.165, 1.54) is 17.0 Å². The molecule has 22 heavy (non-hydrogen) atoms. The monoisotopic (exact) mass is 319 g/mol. The van der Waals surface area contributed by atoms with Gasteiger partial charge in [0.05, 0.1) is 5.69 Å². The number of nitrogens with one attached hydrogen (secondary N) is 1. The van der Waals surface area contributed by atoms with Crippen molar-refractivity contribution in [2.24, 2.45) is 33.7 Å². The molecule has 4 unspecified atom stereocenters. The maximum atomic E-state index is 4.92. The van der Waals surface area contributed by atoms with Crippen molar-refractivity contribution in [2.45, 2.75) is 54.6 Å². The second kappa shape index (κ2) is 6.95. The molecule has 1 aliphatic rings. The van der Waals surface area contributed by atoms with Gasteiger partial charge in [-0.25, -0.2) is 4.99 Å². The molecule has 0 spiro atoms. The molecule has 4 heteroatoms. The number of amidine groups is 1. The highest BCUT2D eigenvalue weighted by molar-refractivity contribution is 7.08. The number of aliphatic imine (C=N–C) groups is 2. The van der Waals surface area contributed by atoms with Crippen molar-refractivity contribution in [3.63, 3.8) is 0 Å². The number of anilines is 1. The minimum atomic E-state index is -0.00922. The zero-order valence-electron chi connectivity index (χ0n) is 14.8. The molecule has 0 radical (unpaired) electrons. The van der Waals surface area contributed by atoms with Crippen molar-refractivity contribution >= 4 is 28.6 Å². The number of hydrogen-bond donors (Lipinski definition) is 1. The summed E-state index contributed by atoms with van der Waals surface area (Å²) in [4.78, 5) is 9.76. The summed E-state index contributed by atoms with van der Waals surface area (Å²) in [6.45, 7) is 15.6. The summed E-state index contributed by atoms with van der Waals surface area (Å²) in [7, 11) is 0. The standard InChI is InChI=1S/C18H29N3S/c1-10(2)12(4)17-13(5)14(6)18(20-15(7)19-17)21-16-9-22-8-11(16)3/h8-10,12-15H,1-7H3,(H,20,21). The molecule has 0 aromatic carbocycles. The van der Waals surface area contributed by atoms with Crippen LogP contribution in [0.15, 0.2) is 20.7 Å². The fraction of sp³-hybridized carbons (Fsp3) is 0.667. The van der Waals surface area contributed by atoms with Crippen molar-refractivity contribution < 1.29 is 0 Å². The molecule has 1 aliphatic heterocycles. The number of nitrogens with zero attached hydrogens (tertiary/aromatic N) is 2. The van der Waals surface area contributed by atoms with Gasteiger partial charge in [-0.1, -0.05) is 34.6 Å². The van der Waals surface area contributed by atoms with Crippen LogP contribution in [0.1, 0.15) is 47.1 Å². The molecular weight excluding hydrogens is 290 g/mol. The van der Waals surface area contributed by atoms with E-state index in [9.17, 15) is 0 Å². The van der Waals surface area contributed by atoms with Crippen LogP contribution in [0.2, 0.25) is 0 Å². The van der Waals surface area contributed by atoms with Crippen LogP contribution in [0.3, 0.4) is 0 Å². The van der Waals surface area contributed by atoms with Crippen LogP contribution in [0.25, 0.3) is 0 Å². The van der Waals surface area contributed by atoms with E-state index in [1.807, 2.05) is 0 Å². The maximum absolute atomic E-state index is 4.92. The van der Waals surface area contributed by atoms with Gasteiger partial charge in [-0.3, -0.25) is 4.99 Å². The van der Waals surface area contributed by atoms with E-state index in [1.54, 1.807) is 11.3 Å². The molecule has 0 bridgehead atoms.